The first-order valence-electron chi connectivity index (χ1n) is 8.64. The molecule has 1 rings (SSSR count). The Hall–Kier alpha value is -1.83. The summed E-state index contributed by atoms with van der Waals surface area (Å²) in [6, 6.07) is 4.78. The minimum absolute atomic E-state index is 0.0388. The predicted molar refractivity (Wildman–Crippen MR) is 99.1 cm³/mol. The number of ether oxygens (including phenoxy) is 5. The van der Waals surface area contributed by atoms with Gasteiger partial charge in [-0.1, -0.05) is 19.9 Å². The van der Waals surface area contributed by atoms with Crippen LogP contribution < -0.4 is 14.2 Å². The number of methoxy groups -OCH3 is 4. The molecule has 7 nitrogen and oxygen atoms in total. The summed E-state index contributed by atoms with van der Waals surface area (Å²) >= 11 is 0. The highest BCUT2D eigenvalue weighted by molar-refractivity contribution is 5.80. The van der Waals surface area contributed by atoms with Gasteiger partial charge in [0.25, 0.3) is 0 Å². The highest BCUT2D eigenvalue weighted by Crippen LogP contribution is 2.37. The van der Waals surface area contributed by atoms with Crippen LogP contribution in [-0.4, -0.2) is 71.7 Å². The summed E-state index contributed by atoms with van der Waals surface area (Å²) in [5.74, 6) is 0.847. The molecule has 0 saturated carbocycles. The van der Waals surface area contributed by atoms with E-state index in [0.29, 0.717) is 37.8 Å². The van der Waals surface area contributed by atoms with Crippen molar-refractivity contribution in [1.29, 1.82) is 0 Å². The Bertz CT molecular complexity index is 519. The highest BCUT2D eigenvalue weighted by atomic mass is 16.6. The molecule has 0 aromatic heterocycles. The van der Waals surface area contributed by atoms with Crippen molar-refractivity contribution in [3.8, 4) is 17.2 Å². The van der Waals surface area contributed by atoms with Crippen LogP contribution in [0, 0.1) is 5.92 Å². The second kappa shape index (κ2) is 11.7. The van der Waals surface area contributed by atoms with Crippen molar-refractivity contribution >= 4 is 5.97 Å². The third kappa shape index (κ3) is 6.16. The number of rotatable bonds is 12. The van der Waals surface area contributed by atoms with Crippen LogP contribution in [0.5, 0.6) is 17.2 Å². The van der Waals surface area contributed by atoms with E-state index < -0.39 is 6.04 Å². The van der Waals surface area contributed by atoms with E-state index in [9.17, 15) is 4.79 Å². The number of hydrogen-bond acceptors (Lipinski definition) is 7. The fourth-order valence-electron chi connectivity index (χ4n) is 2.73. The highest BCUT2D eigenvalue weighted by Gasteiger charge is 2.32. The molecular weight excluding hydrogens is 338 g/mol. The molecule has 1 atom stereocenters. The van der Waals surface area contributed by atoms with E-state index in [1.165, 1.54) is 14.2 Å². The summed E-state index contributed by atoms with van der Waals surface area (Å²) in [7, 11) is 6.32. The smallest absolute Gasteiger partial charge is 0.329 e. The first kappa shape index (κ1) is 22.2. The molecule has 0 radical (unpaired) electrons. The first-order chi connectivity index (χ1) is 12.5. The minimum Gasteiger partial charge on any atom is -0.493 e. The van der Waals surface area contributed by atoms with E-state index in [-0.39, 0.29) is 17.6 Å². The van der Waals surface area contributed by atoms with E-state index in [1.807, 2.05) is 18.7 Å². The lowest BCUT2D eigenvalue weighted by Crippen LogP contribution is -2.49. The molecule has 1 aromatic rings. The van der Waals surface area contributed by atoms with E-state index in [2.05, 4.69) is 0 Å². The first-order valence-corrected chi connectivity index (χ1v) is 8.64. The van der Waals surface area contributed by atoms with Crippen LogP contribution in [0.15, 0.2) is 18.2 Å². The molecule has 0 bridgehead atoms. The third-order valence-electron chi connectivity index (χ3n) is 4.02. The van der Waals surface area contributed by atoms with Crippen LogP contribution in [0.3, 0.4) is 0 Å². The van der Waals surface area contributed by atoms with Gasteiger partial charge >= 0.3 is 5.97 Å². The van der Waals surface area contributed by atoms with E-state index in [1.54, 1.807) is 32.4 Å². The summed E-state index contributed by atoms with van der Waals surface area (Å²) in [6.45, 7) is 6.19. The standard InChI is InChI=1S/C19H31NO6/c1-14(2)17(20(10-12-22-3)11-13-23-4)19(21)26-18-15(24-5)8-7-9-16(18)25-6/h7-9,14,17H,10-13H2,1-6H3. The summed E-state index contributed by atoms with van der Waals surface area (Å²) in [5.41, 5.74) is 0. The molecule has 0 fully saturated rings. The Morgan fingerprint density at radius 3 is 1.85 bits per heavy atom. The minimum atomic E-state index is -0.449. The molecule has 0 aliphatic carbocycles. The number of hydrogen-bond donors (Lipinski definition) is 0. The lowest BCUT2D eigenvalue weighted by Gasteiger charge is -2.32. The fraction of sp³-hybridized carbons (Fsp3) is 0.632. The Balaban J connectivity index is 3.07. The number of esters is 1. The Kier molecular flexibility index (Phi) is 10.0. The van der Waals surface area contributed by atoms with Crippen LogP contribution in [0.4, 0.5) is 0 Å². The maximum Gasteiger partial charge on any atom is 0.329 e. The van der Waals surface area contributed by atoms with E-state index in [4.69, 9.17) is 23.7 Å². The topological polar surface area (TPSA) is 66.5 Å². The zero-order chi connectivity index (χ0) is 19.5. The fourth-order valence-corrected chi connectivity index (χ4v) is 2.73. The lowest BCUT2D eigenvalue weighted by atomic mass is 10.0. The molecule has 26 heavy (non-hydrogen) atoms. The van der Waals surface area contributed by atoms with Crippen molar-refractivity contribution in [2.24, 2.45) is 5.92 Å². The predicted octanol–water partition coefficient (Wildman–Crippen LogP) is 2.23. The molecule has 0 spiro atoms. The van der Waals surface area contributed by atoms with Crippen LogP contribution in [0.25, 0.3) is 0 Å². The average molecular weight is 369 g/mol. The van der Waals surface area contributed by atoms with Gasteiger partial charge in [-0.05, 0) is 18.1 Å². The largest absolute Gasteiger partial charge is 0.493 e. The Morgan fingerprint density at radius 1 is 0.962 bits per heavy atom. The van der Waals surface area contributed by atoms with Crippen molar-refractivity contribution in [2.45, 2.75) is 19.9 Å². The van der Waals surface area contributed by atoms with Crippen LogP contribution >= 0.6 is 0 Å². The van der Waals surface area contributed by atoms with Crippen LogP contribution in [0.1, 0.15) is 13.8 Å². The van der Waals surface area contributed by atoms with Gasteiger partial charge in [0.05, 0.1) is 27.4 Å². The summed E-state index contributed by atoms with van der Waals surface area (Å²) in [4.78, 5) is 15.0. The van der Waals surface area contributed by atoms with E-state index in [0.717, 1.165) is 0 Å². The van der Waals surface area contributed by atoms with Gasteiger partial charge in [-0.15, -0.1) is 0 Å². The third-order valence-corrected chi connectivity index (χ3v) is 4.02. The molecule has 148 valence electrons. The van der Waals surface area contributed by atoms with Gasteiger partial charge in [-0.25, -0.2) is 4.79 Å². The van der Waals surface area contributed by atoms with Gasteiger partial charge in [0.2, 0.25) is 5.75 Å². The summed E-state index contributed by atoms with van der Waals surface area (Å²) in [6.07, 6.45) is 0. The van der Waals surface area contributed by atoms with Gasteiger partial charge in [0, 0.05) is 27.3 Å². The number of carbonyl (C=O) groups excluding carboxylic acids is 1. The van der Waals surface area contributed by atoms with Gasteiger partial charge in [-0.2, -0.15) is 0 Å². The maximum atomic E-state index is 13.0. The van der Waals surface area contributed by atoms with Gasteiger partial charge in [0.1, 0.15) is 6.04 Å². The number of benzene rings is 1. The quantitative estimate of drug-likeness (QED) is 0.413. The van der Waals surface area contributed by atoms with Crippen molar-refractivity contribution in [3.05, 3.63) is 18.2 Å². The maximum absolute atomic E-state index is 13.0. The monoisotopic (exact) mass is 369 g/mol. The molecule has 0 amide bonds. The molecule has 1 aromatic carbocycles. The van der Waals surface area contributed by atoms with Crippen molar-refractivity contribution in [3.63, 3.8) is 0 Å². The zero-order valence-electron chi connectivity index (χ0n) is 16.6. The molecule has 0 aliphatic rings. The number of para-hydroxylation sites is 1. The van der Waals surface area contributed by atoms with E-state index >= 15 is 0 Å². The molecule has 0 N–H and O–H groups in total. The van der Waals surface area contributed by atoms with Gasteiger partial charge in [0.15, 0.2) is 11.5 Å². The molecule has 0 saturated heterocycles. The average Bonchev–Trinajstić information content (AvgIpc) is 2.63. The molecule has 0 heterocycles. The molecule has 1 unspecified atom stereocenters. The van der Waals surface area contributed by atoms with Crippen molar-refractivity contribution in [1.82, 2.24) is 4.90 Å². The second-order valence-corrected chi connectivity index (χ2v) is 6.12. The number of nitrogens with zero attached hydrogens (tertiary/aromatic N) is 1. The Labute approximate surface area is 156 Å². The molecule has 7 heteroatoms. The van der Waals surface area contributed by atoms with Crippen molar-refractivity contribution in [2.75, 3.05) is 54.7 Å². The molecular formula is C19H31NO6. The normalized spacial score (nSPS) is 12.3. The Morgan fingerprint density at radius 2 is 1.46 bits per heavy atom. The van der Waals surface area contributed by atoms with Gasteiger partial charge in [-0.3, -0.25) is 4.90 Å². The van der Waals surface area contributed by atoms with Crippen LogP contribution in [0.2, 0.25) is 0 Å². The van der Waals surface area contributed by atoms with Crippen LogP contribution in [-0.2, 0) is 14.3 Å². The molecule has 0 aliphatic heterocycles. The number of carbonyl (C=O) groups is 1. The zero-order valence-corrected chi connectivity index (χ0v) is 16.6. The summed E-state index contributed by atoms with van der Waals surface area (Å²) < 4.78 is 26.7. The summed E-state index contributed by atoms with van der Waals surface area (Å²) in [5, 5.41) is 0. The lowest BCUT2D eigenvalue weighted by molar-refractivity contribution is -0.143. The second-order valence-electron chi connectivity index (χ2n) is 6.12. The van der Waals surface area contributed by atoms with Gasteiger partial charge < -0.3 is 23.7 Å². The SMILES string of the molecule is COCCN(CCOC)C(C(=O)Oc1c(OC)cccc1OC)C(C)C. The van der Waals surface area contributed by atoms with Crippen molar-refractivity contribution < 1.29 is 28.5 Å².